The van der Waals surface area contributed by atoms with Gasteiger partial charge in [-0.2, -0.15) is 0 Å². The average Bonchev–Trinajstić information content (AvgIpc) is 3.53. The number of ketones is 1. The Hall–Kier alpha value is -4.80. The number of aryl methyl sites for hydroxylation is 1. The molecule has 3 N–H and O–H groups in total. The summed E-state index contributed by atoms with van der Waals surface area (Å²) in [6, 6.07) is 12.3. The number of amides is 3. The number of Topliss-reactive ketones (excluding diaryl/α,β-unsaturated/α-hetero) is 1. The number of rotatable bonds is 10. The normalized spacial score (nSPS) is 20.1. The molecular weight excluding hydrogens is 580 g/mol. The Labute approximate surface area is 259 Å². The molecule has 2 aromatic carbocycles. The zero-order valence-corrected chi connectivity index (χ0v) is 25.3. The number of hydrogen-bond donors (Lipinski definition) is 3. The van der Waals surface area contributed by atoms with E-state index in [0.717, 1.165) is 35.5 Å². The van der Waals surface area contributed by atoms with Crippen LogP contribution >= 0.6 is 0 Å². The number of carbonyl (C=O) groups is 4. The van der Waals surface area contributed by atoms with Crippen molar-refractivity contribution in [3.8, 4) is 0 Å². The van der Waals surface area contributed by atoms with Gasteiger partial charge in [0.1, 0.15) is 23.0 Å². The molecule has 1 aromatic heterocycles. The molecule has 2 aliphatic rings. The largest absolute Gasteiger partial charge is 0.342 e. The third kappa shape index (κ3) is 6.11. The minimum atomic E-state index is -1.13. The summed E-state index contributed by atoms with van der Waals surface area (Å²) in [6.45, 7) is 5.32. The van der Waals surface area contributed by atoms with Crippen LogP contribution in [0.4, 0.5) is 14.6 Å². The summed E-state index contributed by atoms with van der Waals surface area (Å²) >= 11 is 0. The fourth-order valence-electron chi connectivity index (χ4n) is 6.34. The molecule has 3 amide bonds. The van der Waals surface area contributed by atoms with Gasteiger partial charge in [-0.3, -0.25) is 19.2 Å². The number of hydrogen-bond acceptors (Lipinski definition) is 6. The van der Waals surface area contributed by atoms with E-state index in [9.17, 15) is 28.0 Å². The molecular formula is C34H35F2N5O4. The zero-order chi connectivity index (χ0) is 32.5. The van der Waals surface area contributed by atoms with Crippen LogP contribution in [0.1, 0.15) is 53.7 Å². The fraction of sp³-hybridized carbons (Fsp3) is 0.353. The van der Waals surface area contributed by atoms with Gasteiger partial charge in [-0.25, -0.2) is 13.8 Å². The Morgan fingerprint density at radius 3 is 2.44 bits per heavy atom. The van der Waals surface area contributed by atoms with Crippen molar-refractivity contribution in [2.45, 2.75) is 57.5 Å². The van der Waals surface area contributed by atoms with E-state index in [-0.39, 0.29) is 31.7 Å². The summed E-state index contributed by atoms with van der Waals surface area (Å²) in [4.78, 5) is 60.1. The SMILES string of the molecule is Cc1ccc(C[C@H](CC(=O)[C@@H](NC(=O)c2c(F)cccc2F)C(C)C)C(=O)N2C[C@]3(C[C@H]2C=N)C(=O)Nc2ncccc23)cc1. The maximum Gasteiger partial charge on any atom is 0.257 e. The van der Waals surface area contributed by atoms with Crippen LogP contribution in [0.5, 0.6) is 0 Å². The van der Waals surface area contributed by atoms with Crippen molar-refractivity contribution < 1.29 is 28.0 Å². The van der Waals surface area contributed by atoms with Gasteiger partial charge in [-0.1, -0.05) is 55.8 Å². The second-order valence-corrected chi connectivity index (χ2v) is 12.2. The van der Waals surface area contributed by atoms with Gasteiger partial charge in [-0.15, -0.1) is 0 Å². The first-order valence-electron chi connectivity index (χ1n) is 14.9. The lowest BCUT2D eigenvalue weighted by molar-refractivity contribution is -0.138. The van der Waals surface area contributed by atoms with E-state index < -0.39 is 64.1 Å². The minimum absolute atomic E-state index is 0.00585. The van der Waals surface area contributed by atoms with E-state index in [1.807, 2.05) is 31.2 Å². The van der Waals surface area contributed by atoms with Gasteiger partial charge in [0, 0.05) is 36.9 Å². The molecule has 11 heteroatoms. The quantitative estimate of drug-likeness (QED) is 0.291. The second kappa shape index (κ2) is 12.7. The Morgan fingerprint density at radius 2 is 1.80 bits per heavy atom. The summed E-state index contributed by atoms with van der Waals surface area (Å²) in [5.74, 6) is -5.29. The summed E-state index contributed by atoms with van der Waals surface area (Å²) in [6.07, 6.45) is 2.80. The third-order valence-electron chi connectivity index (χ3n) is 8.75. The van der Waals surface area contributed by atoms with Gasteiger partial charge >= 0.3 is 0 Å². The minimum Gasteiger partial charge on any atom is -0.342 e. The average molecular weight is 616 g/mol. The molecule has 0 saturated carbocycles. The smallest absolute Gasteiger partial charge is 0.257 e. The molecule has 0 aliphatic carbocycles. The Balaban J connectivity index is 1.43. The number of fused-ring (bicyclic) bond motifs is 2. The molecule has 234 valence electrons. The predicted octanol–water partition coefficient (Wildman–Crippen LogP) is 4.38. The molecule has 1 saturated heterocycles. The number of nitrogens with zero attached hydrogens (tertiary/aromatic N) is 2. The number of likely N-dealkylation sites (tertiary alicyclic amines) is 1. The Kier molecular flexibility index (Phi) is 8.90. The molecule has 9 nitrogen and oxygen atoms in total. The van der Waals surface area contributed by atoms with Crippen molar-refractivity contribution in [3.63, 3.8) is 0 Å². The monoisotopic (exact) mass is 615 g/mol. The topological polar surface area (TPSA) is 132 Å². The maximum absolute atomic E-state index is 14.3. The van der Waals surface area contributed by atoms with Gasteiger partial charge in [-0.05, 0) is 49.4 Å². The first kappa shape index (κ1) is 31.6. The highest BCUT2D eigenvalue weighted by molar-refractivity contribution is 6.07. The second-order valence-electron chi connectivity index (χ2n) is 12.2. The lowest BCUT2D eigenvalue weighted by Crippen LogP contribution is -2.48. The molecule has 3 heterocycles. The number of pyridine rings is 1. The van der Waals surface area contributed by atoms with E-state index in [0.29, 0.717) is 11.4 Å². The van der Waals surface area contributed by atoms with Crippen molar-refractivity contribution in [1.82, 2.24) is 15.2 Å². The molecule has 4 atom stereocenters. The number of carbonyl (C=O) groups excluding carboxylic acids is 4. The standard InChI is InChI=1S/C34H35F2N5O4/c1-19(2)29(39-31(43)28-25(35)7-4-8-26(28)36)27(42)15-22(14-21-11-9-20(3)10-12-21)32(44)41-18-34(16-23(41)17-37)24-6-5-13-38-30(24)40-33(34)45/h4-13,17,19,22-23,29,37H,14-16,18H2,1-3H3,(H,39,43)(H,38,40,45)/t22-,23+,29+,34+/m1/s1. The van der Waals surface area contributed by atoms with Crippen LogP contribution in [0.25, 0.3) is 0 Å². The lowest BCUT2D eigenvalue weighted by Gasteiger charge is -2.29. The Morgan fingerprint density at radius 1 is 1.11 bits per heavy atom. The summed E-state index contributed by atoms with van der Waals surface area (Å²) < 4.78 is 28.7. The first-order chi connectivity index (χ1) is 21.4. The molecule has 1 spiro atoms. The van der Waals surface area contributed by atoms with Gasteiger partial charge in [0.25, 0.3) is 5.91 Å². The van der Waals surface area contributed by atoms with Crippen LogP contribution in [-0.4, -0.2) is 58.2 Å². The van der Waals surface area contributed by atoms with E-state index in [1.54, 1.807) is 32.2 Å². The Bertz CT molecular complexity index is 1640. The highest BCUT2D eigenvalue weighted by Gasteiger charge is 2.56. The highest BCUT2D eigenvalue weighted by Crippen LogP contribution is 2.45. The molecule has 2 aliphatic heterocycles. The zero-order valence-electron chi connectivity index (χ0n) is 25.3. The van der Waals surface area contributed by atoms with Crippen molar-refractivity contribution in [2.24, 2.45) is 11.8 Å². The molecule has 5 rings (SSSR count). The number of halogens is 2. The van der Waals surface area contributed by atoms with Gasteiger partial charge in [0.15, 0.2) is 5.78 Å². The third-order valence-corrected chi connectivity index (χ3v) is 8.75. The maximum atomic E-state index is 14.3. The van der Waals surface area contributed by atoms with Crippen LogP contribution in [0, 0.1) is 35.8 Å². The summed E-state index contributed by atoms with van der Waals surface area (Å²) in [7, 11) is 0. The molecule has 1 fully saturated rings. The molecule has 0 unspecified atom stereocenters. The van der Waals surface area contributed by atoms with Gasteiger partial charge in [0.2, 0.25) is 11.8 Å². The van der Waals surface area contributed by atoms with Crippen molar-refractivity contribution in [1.29, 1.82) is 5.41 Å². The van der Waals surface area contributed by atoms with E-state index in [4.69, 9.17) is 5.41 Å². The number of anilines is 1. The van der Waals surface area contributed by atoms with Crippen LogP contribution < -0.4 is 10.6 Å². The molecule has 3 aromatic rings. The number of benzene rings is 2. The van der Waals surface area contributed by atoms with Gasteiger partial charge < -0.3 is 20.9 Å². The molecule has 0 bridgehead atoms. The summed E-state index contributed by atoms with van der Waals surface area (Å²) in [5.41, 5.74) is 0.609. The molecule has 45 heavy (non-hydrogen) atoms. The van der Waals surface area contributed by atoms with Crippen molar-refractivity contribution in [2.75, 3.05) is 11.9 Å². The van der Waals surface area contributed by atoms with Crippen molar-refractivity contribution in [3.05, 3.63) is 94.7 Å². The van der Waals surface area contributed by atoms with E-state index >= 15 is 0 Å². The summed E-state index contributed by atoms with van der Waals surface area (Å²) in [5, 5.41) is 13.4. The van der Waals surface area contributed by atoms with Crippen LogP contribution in [0.2, 0.25) is 0 Å². The van der Waals surface area contributed by atoms with E-state index in [2.05, 4.69) is 15.6 Å². The lowest BCUT2D eigenvalue weighted by atomic mass is 9.80. The van der Waals surface area contributed by atoms with Crippen LogP contribution in [0.15, 0.2) is 60.8 Å². The molecule has 0 radical (unpaired) electrons. The van der Waals surface area contributed by atoms with Gasteiger partial charge in [0.05, 0.1) is 17.5 Å². The van der Waals surface area contributed by atoms with Crippen LogP contribution in [0.3, 0.4) is 0 Å². The van der Waals surface area contributed by atoms with Crippen molar-refractivity contribution >= 4 is 35.5 Å². The highest BCUT2D eigenvalue weighted by atomic mass is 19.1. The number of aromatic nitrogens is 1. The fourth-order valence-corrected chi connectivity index (χ4v) is 6.34. The predicted molar refractivity (Wildman–Crippen MR) is 164 cm³/mol. The van der Waals surface area contributed by atoms with Crippen LogP contribution in [-0.2, 0) is 26.2 Å². The first-order valence-corrected chi connectivity index (χ1v) is 14.9. The number of nitrogens with one attached hydrogen (secondary N) is 3. The van der Waals surface area contributed by atoms with E-state index in [1.165, 1.54) is 4.90 Å².